The molecule has 0 fully saturated rings. The van der Waals surface area contributed by atoms with E-state index in [-0.39, 0.29) is 23.3 Å². The second-order valence-electron chi connectivity index (χ2n) is 8.33. The summed E-state index contributed by atoms with van der Waals surface area (Å²) in [7, 11) is 0. The van der Waals surface area contributed by atoms with Gasteiger partial charge < -0.3 is 14.6 Å². The Morgan fingerprint density at radius 2 is 1.70 bits per heavy atom. The molecule has 2 aromatic carbocycles. The van der Waals surface area contributed by atoms with E-state index in [0.717, 1.165) is 29.0 Å². The van der Waals surface area contributed by atoms with E-state index >= 15 is 0 Å². The smallest absolute Gasteiger partial charge is 0.416 e. The number of carbonyl (C=O) groups excluding carboxylic acids is 2. The van der Waals surface area contributed by atoms with Crippen LogP contribution in [0.25, 0.3) is 11.3 Å². The lowest BCUT2D eigenvalue weighted by Gasteiger charge is -2.26. The topological polar surface area (TPSA) is 62.6 Å². The van der Waals surface area contributed by atoms with Gasteiger partial charge in [0.1, 0.15) is 11.5 Å². The molecule has 0 bridgehead atoms. The molecule has 8 heteroatoms. The number of furan rings is 1. The molecule has 0 atom stereocenters. The van der Waals surface area contributed by atoms with E-state index in [0.29, 0.717) is 31.0 Å². The highest BCUT2D eigenvalue weighted by Crippen LogP contribution is 2.32. The second-order valence-corrected chi connectivity index (χ2v) is 8.33. The number of carbonyl (C=O) groups is 2. The molecule has 1 aliphatic heterocycles. The van der Waals surface area contributed by atoms with Crippen LogP contribution in [0.4, 0.5) is 18.9 Å². The second kappa shape index (κ2) is 8.77. The van der Waals surface area contributed by atoms with E-state index in [1.165, 1.54) is 12.1 Å². The molecule has 0 radical (unpaired) electrons. The fourth-order valence-electron chi connectivity index (χ4n) is 3.64. The fraction of sp³-hybridized carbons (Fsp3) is 0.280. The van der Waals surface area contributed by atoms with Crippen molar-refractivity contribution in [3.63, 3.8) is 0 Å². The van der Waals surface area contributed by atoms with Crippen molar-refractivity contribution >= 4 is 17.5 Å². The molecule has 33 heavy (non-hydrogen) atoms. The molecule has 3 aromatic rings. The van der Waals surface area contributed by atoms with Crippen LogP contribution in [-0.2, 0) is 23.9 Å². The quantitative estimate of drug-likeness (QED) is 0.543. The monoisotopic (exact) mass is 456 g/mol. The van der Waals surface area contributed by atoms with E-state index in [2.05, 4.69) is 5.32 Å². The molecule has 0 saturated carbocycles. The Morgan fingerprint density at radius 3 is 2.30 bits per heavy atom. The zero-order valence-corrected chi connectivity index (χ0v) is 18.2. The molecular formula is C25H23F3N2O3. The lowest BCUT2D eigenvalue weighted by atomic mass is 10.1. The van der Waals surface area contributed by atoms with Crippen molar-refractivity contribution in [2.75, 3.05) is 11.9 Å². The Balaban J connectivity index is 1.46. The maximum atomic E-state index is 12.8. The number of fused-ring (bicyclic) bond motifs is 1. The van der Waals surface area contributed by atoms with Crippen molar-refractivity contribution in [3.05, 3.63) is 77.0 Å². The van der Waals surface area contributed by atoms with E-state index < -0.39 is 11.7 Å². The lowest BCUT2D eigenvalue weighted by Crippen LogP contribution is -2.35. The largest absolute Gasteiger partial charge is 0.461 e. The van der Waals surface area contributed by atoms with Gasteiger partial charge in [0.25, 0.3) is 5.91 Å². The number of benzene rings is 2. The molecule has 172 valence electrons. The highest BCUT2D eigenvalue weighted by Gasteiger charge is 2.31. The first-order valence-electron chi connectivity index (χ1n) is 10.6. The van der Waals surface area contributed by atoms with Crippen molar-refractivity contribution in [2.24, 2.45) is 5.92 Å². The summed E-state index contributed by atoms with van der Waals surface area (Å²) in [4.78, 5) is 26.2. The van der Waals surface area contributed by atoms with Crippen LogP contribution in [0.15, 0.2) is 59.0 Å². The van der Waals surface area contributed by atoms with Gasteiger partial charge in [0.05, 0.1) is 5.56 Å². The standard InChI is InChI=1S/C25H23F3N2O3/c1-15(2)23(31)29-20-9-5-16(6-10-20)22-13-18-14-30(12-11-21(18)33-22)24(32)17-3-7-19(8-4-17)25(26,27)28/h3-10,13,15H,11-12,14H2,1-2H3,(H,29,31). The van der Waals surface area contributed by atoms with E-state index in [1.807, 2.05) is 32.0 Å². The van der Waals surface area contributed by atoms with Gasteiger partial charge in [-0.25, -0.2) is 0 Å². The molecule has 1 aromatic heterocycles. The molecule has 5 nitrogen and oxygen atoms in total. The highest BCUT2D eigenvalue weighted by atomic mass is 19.4. The summed E-state index contributed by atoms with van der Waals surface area (Å²) in [5.41, 5.74) is 1.84. The third kappa shape index (κ3) is 4.94. The van der Waals surface area contributed by atoms with Gasteiger partial charge in [-0.2, -0.15) is 13.2 Å². The van der Waals surface area contributed by atoms with Gasteiger partial charge in [-0.05, 0) is 54.6 Å². The number of nitrogens with one attached hydrogen (secondary N) is 1. The predicted molar refractivity (Wildman–Crippen MR) is 118 cm³/mol. The first-order valence-corrected chi connectivity index (χ1v) is 10.6. The average molecular weight is 456 g/mol. The third-order valence-electron chi connectivity index (χ3n) is 5.57. The van der Waals surface area contributed by atoms with Crippen LogP contribution in [0, 0.1) is 5.92 Å². The number of hydrogen-bond acceptors (Lipinski definition) is 3. The summed E-state index contributed by atoms with van der Waals surface area (Å²) >= 11 is 0. The zero-order chi connectivity index (χ0) is 23.8. The van der Waals surface area contributed by atoms with Crippen LogP contribution >= 0.6 is 0 Å². The summed E-state index contributed by atoms with van der Waals surface area (Å²) in [5, 5.41) is 2.84. The molecule has 1 aliphatic rings. The van der Waals surface area contributed by atoms with Crippen LogP contribution in [-0.4, -0.2) is 23.3 Å². The Kier molecular flexibility index (Phi) is 6.01. The zero-order valence-electron chi connectivity index (χ0n) is 18.2. The molecule has 2 heterocycles. The maximum Gasteiger partial charge on any atom is 0.416 e. The van der Waals surface area contributed by atoms with Crippen molar-refractivity contribution in [3.8, 4) is 11.3 Å². The van der Waals surface area contributed by atoms with Gasteiger partial charge in [-0.3, -0.25) is 9.59 Å². The SMILES string of the molecule is CC(C)C(=O)Nc1ccc(-c2cc3c(o2)CCN(C(=O)c2ccc(C(F)(F)F)cc2)C3)cc1. The number of nitrogens with zero attached hydrogens (tertiary/aromatic N) is 1. The molecular weight excluding hydrogens is 433 g/mol. The molecule has 0 saturated heterocycles. The normalized spacial score (nSPS) is 13.7. The summed E-state index contributed by atoms with van der Waals surface area (Å²) in [6.45, 7) is 4.38. The number of hydrogen-bond donors (Lipinski definition) is 1. The number of amides is 2. The van der Waals surface area contributed by atoms with Crippen molar-refractivity contribution in [2.45, 2.75) is 33.0 Å². The van der Waals surface area contributed by atoms with Crippen molar-refractivity contribution < 1.29 is 27.2 Å². The van der Waals surface area contributed by atoms with Gasteiger partial charge in [0.15, 0.2) is 0 Å². The predicted octanol–water partition coefficient (Wildman–Crippen LogP) is 5.76. The first-order chi connectivity index (χ1) is 15.6. The van der Waals surface area contributed by atoms with Gasteiger partial charge in [0.2, 0.25) is 5.91 Å². The van der Waals surface area contributed by atoms with Crippen molar-refractivity contribution in [1.82, 2.24) is 4.90 Å². The van der Waals surface area contributed by atoms with E-state index in [4.69, 9.17) is 4.42 Å². The molecule has 0 aliphatic carbocycles. The maximum absolute atomic E-state index is 12.8. The molecule has 0 unspecified atom stereocenters. The fourth-order valence-corrected chi connectivity index (χ4v) is 3.64. The number of rotatable bonds is 4. The molecule has 1 N–H and O–H groups in total. The molecule has 2 amide bonds. The van der Waals surface area contributed by atoms with E-state index in [1.54, 1.807) is 17.0 Å². The Bertz CT molecular complexity index is 1160. The van der Waals surface area contributed by atoms with Crippen molar-refractivity contribution in [1.29, 1.82) is 0 Å². The minimum absolute atomic E-state index is 0.0611. The van der Waals surface area contributed by atoms with Gasteiger partial charge in [0, 0.05) is 47.8 Å². The Labute approximate surface area is 189 Å². The van der Waals surface area contributed by atoms with Gasteiger partial charge >= 0.3 is 6.18 Å². The van der Waals surface area contributed by atoms with Crippen LogP contribution in [0.2, 0.25) is 0 Å². The summed E-state index contributed by atoms with van der Waals surface area (Å²) in [5.74, 6) is 0.954. The Hall–Kier alpha value is -3.55. The average Bonchev–Trinajstić information content (AvgIpc) is 3.22. The first kappa shape index (κ1) is 22.6. The minimum Gasteiger partial charge on any atom is -0.461 e. The molecule has 0 spiro atoms. The Morgan fingerprint density at radius 1 is 1.03 bits per heavy atom. The van der Waals surface area contributed by atoms with E-state index in [9.17, 15) is 22.8 Å². The summed E-state index contributed by atoms with van der Waals surface area (Å²) in [6.07, 6.45) is -3.92. The van der Waals surface area contributed by atoms with Gasteiger partial charge in [-0.1, -0.05) is 13.8 Å². The number of anilines is 1. The summed E-state index contributed by atoms with van der Waals surface area (Å²) in [6, 6.07) is 13.5. The number of halogens is 3. The third-order valence-corrected chi connectivity index (χ3v) is 5.57. The molecule has 4 rings (SSSR count). The van der Waals surface area contributed by atoms with Crippen LogP contribution < -0.4 is 5.32 Å². The minimum atomic E-state index is -4.44. The van der Waals surface area contributed by atoms with Crippen LogP contribution in [0.5, 0.6) is 0 Å². The summed E-state index contributed by atoms with van der Waals surface area (Å²) < 4.78 is 44.3. The lowest BCUT2D eigenvalue weighted by molar-refractivity contribution is -0.137. The highest BCUT2D eigenvalue weighted by molar-refractivity contribution is 5.94. The number of alkyl halides is 3. The van der Waals surface area contributed by atoms with Gasteiger partial charge in [-0.15, -0.1) is 0 Å². The van der Waals surface area contributed by atoms with Crippen LogP contribution in [0.1, 0.15) is 41.1 Å². The van der Waals surface area contributed by atoms with Crippen LogP contribution in [0.3, 0.4) is 0 Å².